The van der Waals surface area contributed by atoms with E-state index in [1.165, 1.54) is 0 Å². The van der Waals surface area contributed by atoms with E-state index in [-0.39, 0.29) is 11.3 Å². The van der Waals surface area contributed by atoms with Crippen LogP contribution < -0.4 is 4.74 Å². The lowest BCUT2D eigenvalue weighted by Gasteiger charge is -2.20. The van der Waals surface area contributed by atoms with Crippen LogP contribution in [0.1, 0.15) is 30.6 Å². The number of aliphatic carboxylic acids is 1. The van der Waals surface area contributed by atoms with Crippen molar-refractivity contribution in [1.29, 1.82) is 0 Å². The molecule has 0 aromatic heterocycles. The summed E-state index contributed by atoms with van der Waals surface area (Å²) in [5.74, 6) is -0.670. The van der Waals surface area contributed by atoms with Crippen molar-refractivity contribution >= 4 is 11.9 Å². The third-order valence-corrected chi connectivity index (χ3v) is 3.41. The van der Waals surface area contributed by atoms with Gasteiger partial charge < -0.3 is 14.7 Å². The SMILES string of the molecule is CC1(C)CCN(C(=O)c2cccc(OCC(=O)O)c2)C1. The van der Waals surface area contributed by atoms with Crippen molar-refractivity contribution in [3.05, 3.63) is 29.8 Å². The molecule has 1 fully saturated rings. The third-order valence-electron chi connectivity index (χ3n) is 3.41. The molecule has 1 aromatic carbocycles. The number of ether oxygens (including phenoxy) is 1. The molecule has 1 aliphatic heterocycles. The zero-order valence-corrected chi connectivity index (χ0v) is 11.8. The van der Waals surface area contributed by atoms with E-state index in [9.17, 15) is 9.59 Å². The van der Waals surface area contributed by atoms with Crippen LogP contribution >= 0.6 is 0 Å². The molecule has 2 rings (SSSR count). The molecule has 0 spiro atoms. The highest BCUT2D eigenvalue weighted by Crippen LogP contribution is 2.30. The highest BCUT2D eigenvalue weighted by molar-refractivity contribution is 5.94. The zero-order valence-electron chi connectivity index (χ0n) is 11.8. The fourth-order valence-corrected chi connectivity index (χ4v) is 2.33. The molecule has 1 saturated heterocycles. The second-order valence-corrected chi connectivity index (χ2v) is 5.85. The summed E-state index contributed by atoms with van der Waals surface area (Å²) >= 11 is 0. The fourth-order valence-electron chi connectivity index (χ4n) is 2.33. The maximum Gasteiger partial charge on any atom is 0.341 e. The molecule has 1 aromatic rings. The Hall–Kier alpha value is -2.04. The molecule has 0 saturated carbocycles. The van der Waals surface area contributed by atoms with Crippen LogP contribution in [0.2, 0.25) is 0 Å². The van der Waals surface area contributed by atoms with Gasteiger partial charge in [-0.3, -0.25) is 4.79 Å². The fraction of sp³-hybridized carbons (Fsp3) is 0.467. The van der Waals surface area contributed by atoms with E-state index < -0.39 is 12.6 Å². The average molecular weight is 277 g/mol. The monoisotopic (exact) mass is 277 g/mol. The van der Waals surface area contributed by atoms with Gasteiger partial charge in [0.2, 0.25) is 0 Å². The Kier molecular flexibility index (Phi) is 3.97. The summed E-state index contributed by atoms with van der Waals surface area (Å²) in [6.07, 6.45) is 0.994. The van der Waals surface area contributed by atoms with Gasteiger partial charge in [-0.05, 0) is 30.0 Å². The number of carbonyl (C=O) groups is 2. The van der Waals surface area contributed by atoms with Crippen LogP contribution in [0.15, 0.2) is 24.3 Å². The molecule has 0 unspecified atom stereocenters. The Labute approximate surface area is 118 Å². The number of benzene rings is 1. The molecular weight excluding hydrogens is 258 g/mol. The van der Waals surface area contributed by atoms with Gasteiger partial charge in [-0.15, -0.1) is 0 Å². The first-order chi connectivity index (χ1) is 9.37. The summed E-state index contributed by atoms with van der Waals surface area (Å²) < 4.78 is 5.09. The van der Waals surface area contributed by atoms with Gasteiger partial charge in [-0.25, -0.2) is 4.79 Å². The summed E-state index contributed by atoms with van der Waals surface area (Å²) in [4.78, 5) is 24.7. The first-order valence-electron chi connectivity index (χ1n) is 6.61. The summed E-state index contributed by atoms with van der Waals surface area (Å²) in [5.41, 5.74) is 0.693. The number of carboxylic acids is 1. The van der Waals surface area contributed by atoms with Crippen molar-refractivity contribution in [2.24, 2.45) is 5.41 Å². The molecule has 0 aliphatic carbocycles. The number of rotatable bonds is 4. The minimum absolute atomic E-state index is 0.0312. The topological polar surface area (TPSA) is 66.8 Å². The van der Waals surface area contributed by atoms with Crippen molar-refractivity contribution in [3.63, 3.8) is 0 Å². The van der Waals surface area contributed by atoms with Gasteiger partial charge in [-0.1, -0.05) is 19.9 Å². The molecule has 108 valence electrons. The van der Waals surface area contributed by atoms with Crippen LogP contribution in [-0.4, -0.2) is 41.6 Å². The highest BCUT2D eigenvalue weighted by Gasteiger charge is 2.32. The van der Waals surface area contributed by atoms with Gasteiger partial charge >= 0.3 is 5.97 Å². The van der Waals surface area contributed by atoms with Crippen molar-refractivity contribution < 1.29 is 19.4 Å². The van der Waals surface area contributed by atoms with E-state index >= 15 is 0 Å². The highest BCUT2D eigenvalue weighted by atomic mass is 16.5. The number of hydrogen-bond donors (Lipinski definition) is 1. The van der Waals surface area contributed by atoms with Gasteiger partial charge in [0.05, 0.1) is 0 Å². The van der Waals surface area contributed by atoms with Crippen LogP contribution in [0, 0.1) is 5.41 Å². The molecule has 5 heteroatoms. The second-order valence-electron chi connectivity index (χ2n) is 5.85. The minimum atomic E-state index is -1.04. The summed E-state index contributed by atoms with van der Waals surface area (Å²) in [6.45, 7) is 5.38. The Morgan fingerprint density at radius 2 is 2.15 bits per heavy atom. The molecule has 1 amide bonds. The Bertz CT molecular complexity index is 524. The van der Waals surface area contributed by atoms with E-state index in [1.807, 2.05) is 4.90 Å². The van der Waals surface area contributed by atoms with Crippen molar-refractivity contribution in [3.8, 4) is 5.75 Å². The Morgan fingerprint density at radius 1 is 1.40 bits per heavy atom. The quantitative estimate of drug-likeness (QED) is 0.914. The lowest BCUT2D eigenvalue weighted by Crippen LogP contribution is -2.30. The average Bonchev–Trinajstić information content (AvgIpc) is 2.76. The van der Waals surface area contributed by atoms with Crippen molar-refractivity contribution in [2.45, 2.75) is 20.3 Å². The molecule has 1 N–H and O–H groups in total. The van der Waals surface area contributed by atoms with E-state index in [0.717, 1.165) is 19.5 Å². The van der Waals surface area contributed by atoms with Gasteiger partial charge in [0.15, 0.2) is 6.61 Å². The van der Waals surface area contributed by atoms with E-state index in [4.69, 9.17) is 9.84 Å². The maximum atomic E-state index is 12.4. The van der Waals surface area contributed by atoms with Gasteiger partial charge in [0, 0.05) is 18.7 Å². The minimum Gasteiger partial charge on any atom is -0.482 e. The normalized spacial score (nSPS) is 17.0. The summed E-state index contributed by atoms with van der Waals surface area (Å²) in [6, 6.07) is 6.66. The van der Waals surface area contributed by atoms with Crippen LogP contribution in [0.5, 0.6) is 5.75 Å². The number of nitrogens with zero attached hydrogens (tertiary/aromatic N) is 1. The maximum absolute atomic E-state index is 12.4. The van der Waals surface area contributed by atoms with Crippen LogP contribution in [-0.2, 0) is 4.79 Å². The predicted octanol–water partition coefficient (Wildman–Crippen LogP) is 2.02. The van der Waals surface area contributed by atoms with Gasteiger partial charge in [0.25, 0.3) is 5.91 Å². The lowest BCUT2D eigenvalue weighted by atomic mass is 9.93. The van der Waals surface area contributed by atoms with Gasteiger partial charge in [-0.2, -0.15) is 0 Å². The molecule has 0 bridgehead atoms. The molecule has 0 atom stereocenters. The first-order valence-corrected chi connectivity index (χ1v) is 6.61. The van der Waals surface area contributed by atoms with Crippen molar-refractivity contribution in [2.75, 3.05) is 19.7 Å². The molecular formula is C15H19NO4. The van der Waals surface area contributed by atoms with Crippen LogP contribution in [0.25, 0.3) is 0 Å². The van der Waals surface area contributed by atoms with Crippen LogP contribution in [0.3, 0.4) is 0 Å². The number of carboxylic acid groups (broad SMARTS) is 1. The molecule has 20 heavy (non-hydrogen) atoms. The second kappa shape index (κ2) is 5.53. The number of hydrogen-bond acceptors (Lipinski definition) is 3. The number of carbonyl (C=O) groups excluding carboxylic acids is 1. The number of likely N-dealkylation sites (tertiary alicyclic amines) is 1. The third kappa shape index (κ3) is 3.50. The molecule has 1 aliphatic rings. The molecule has 1 heterocycles. The molecule has 5 nitrogen and oxygen atoms in total. The van der Waals surface area contributed by atoms with E-state index in [2.05, 4.69) is 13.8 Å². The van der Waals surface area contributed by atoms with E-state index in [1.54, 1.807) is 24.3 Å². The van der Waals surface area contributed by atoms with Gasteiger partial charge in [0.1, 0.15) is 5.75 Å². The number of amides is 1. The van der Waals surface area contributed by atoms with Crippen molar-refractivity contribution in [1.82, 2.24) is 4.90 Å². The summed E-state index contributed by atoms with van der Waals surface area (Å²) in [5, 5.41) is 8.58. The lowest BCUT2D eigenvalue weighted by molar-refractivity contribution is -0.139. The zero-order chi connectivity index (χ0) is 14.8. The molecule has 0 radical (unpaired) electrons. The Morgan fingerprint density at radius 3 is 2.75 bits per heavy atom. The Balaban J connectivity index is 2.07. The van der Waals surface area contributed by atoms with E-state index in [0.29, 0.717) is 11.3 Å². The first kappa shape index (κ1) is 14.4. The standard InChI is InChI=1S/C15H19NO4/c1-15(2)6-7-16(10-15)14(19)11-4-3-5-12(8-11)20-9-13(17)18/h3-5,8H,6-7,9-10H2,1-2H3,(H,17,18). The summed E-state index contributed by atoms with van der Waals surface area (Å²) in [7, 11) is 0. The largest absolute Gasteiger partial charge is 0.482 e. The smallest absolute Gasteiger partial charge is 0.341 e. The predicted molar refractivity (Wildman–Crippen MR) is 73.9 cm³/mol. The van der Waals surface area contributed by atoms with Crippen LogP contribution in [0.4, 0.5) is 0 Å².